The number of nitro groups is 1. The van der Waals surface area contributed by atoms with Crippen LogP contribution in [0, 0.1) is 10.1 Å². The van der Waals surface area contributed by atoms with Crippen LogP contribution < -0.4 is 5.32 Å². The number of halogens is 1. The highest BCUT2D eigenvalue weighted by atomic mass is 35.5. The van der Waals surface area contributed by atoms with Crippen molar-refractivity contribution in [2.24, 2.45) is 0 Å². The lowest BCUT2D eigenvalue weighted by atomic mass is 10.2. The Kier molecular flexibility index (Phi) is 5.06. The minimum atomic E-state index is -0.620. The summed E-state index contributed by atoms with van der Waals surface area (Å²) in [5.41, 5.74) is -0.0317. The smallest absolute Gasteiger partial charge is 0.270 e. The van der Waals surface area contributed by atoms with Crippen LogP contribution in [0.25, 0.3) is 0 Å². The number of rotatable bonds is 5. The first-order valence-corrected chi connectivity index (χ1v) is 5.73. The topological polar surface area (TPSA) is 92.5 Å². The van der Waals surface area contributed by atoms with Gasteiger partial charge in [0.25, 0.3) is 11.6 Å². The predicted octanol–water partition coefficient (Wildman–Crippen LogP) is 1.75. The summed E-state index contributed by atoms with van der Waals surface area (Å²) in [6.07, 6.45) is -0.0976. The van der Waals surface area contributed by atoms with Gasteiger partial charge in [0.15, 0.2) is 0 Å². The van der Waals surface area contributed by atoms with Gasteiger partial charge < -0.3 is 10.4 Å². The molecule has 1 rings (SSSR count). The van der Waals surface area contributed by atoms with E-state index in [0.29, 0.717) is 6.42 Å². The third-order valence-electron chi connectivity index (χ3n) is 2.38. The first kappa shape index (κ1) is 14.4. The summed E-state index contributed by atoms with van der Waals surface area (Å²) >= 11 is 5.79. The number of carbonyl (C=O) groups is 1. The molecule has 0 aliphatic rings. The van der Waals surface area contributed by atoms with Crippen LogP contribution in [0.4, 0.5) is 5.69 Å². The third kappa shape index (κ3) is 3.68. The third-order valence-corrected chi connectivity index (χ3v) is 2.69. The molecule has 0 bridgehead atoms. The van der Waals surface area contributed by atoms with Crippen molar-refractivity contribution in [1.82, 2.24) is 5.32 Å². The highest BCUT2D eigenvalue weighted by molar-refractivity contribution is 6.34. The summed E-state index contributed by atoms with van der Waals surface area (Å²) in [7, 11) is 0. The second kappa shape index (κ2) is 6.32. The Morgan fingerprint density at radius 1 is 1.61 bits per heavy atom. The van der Waals surface area contributed by atoms with Crippen molar-refractivity contribution >= 4 is 23.2 Å². The number of non-ortho nitro benzene ring substituents is 1. The summed E-state index contributed by atoms with van der Waals surface area (Å²) in [6, 6.07) is 3.61. The molecule has 0 aromatic heterocycles. The van der Waals surface area contributed by atoms with E-state index in [1.54, 1.807) is 6.92 Å². The van der Waals surface area contributed by atoms with E-state index in [2.05, 4.69) is 5.32 Å². The molecule has 0 spiro atoms. The number of aliphatic hydroxyl groups excluding tert-OH is 1. The Hall–Kier alpha value is -1.66. The molecule has 0 aliphatic carbocycles. The lowest BCUT2D eigenvalue weighted by Gasteiger charge is -2.10. The Morgan fingerprint density at radius 2 is 2.28 bits per heavy atom. The van der Waals surface area contributed by atoms with Crippen LogP contribution in [0.1, 0.15) is 23.7 Å². The van der Waals surface area contributed by atoms with Crippen molar-refractivity contribution in [3.8, 4) is 0 Å². The minimum Gasteiger partial charge on any atom is -0.391 e. The van der Waals surface area contributed by atoms with E-state index in [4.69, 9.17) is 11.6 Å². The molecular formula is C11H13ClN2O4. The van der Waals surface area contributed by atoms with Crippen molar-refractivity contribution < 1.29 is 14.8 Å². The molecule has 18 heavy (non-hydrogen) atoms. The molecule has 2 N–H and O–H groups in total. The van der Waals surface area contributed by atoms with Crippen molar-refractivity contribution in [2.75, 3.05) is 6.54 Å². The normalized spacial score (nSPS) is 11.9. The second-order valence-electron chi connectivity index (χ2n) is 3.69. The molecular weight excluding hydrogens is 260 g/mol. The molecule has 1 atom stereocenters. The lowest BCUT2D eigenvalue weighted by molar-refractivity contribution is -0.384. The van der Waals surface area contributed by atoms with E-state index in [0.717, 1.165) is 6.07 Å². The van der Waals surface area contributed by atoms with Crippen LogP contribution in [0.3, 0.4) is 0 Å². The van der Waals surface area contributed by atoms with Gasteiger partial charge in [0, 0.05) is 18.7 Å². The van der Waals surface area contributed by atoms with Crippen molar-refractivity contribution in [1.29, 1.82) is 0 Å². The molecule has 1 amide bonds. The summed E-state index contributed by atoms with van der Waals surface area (Å²) in [6.45, 7) is 1.90. The number of amides is 1. The van der Waals surface area contributed by atoms with Gasteiger partial charge in [-0.1, -0.05) is 18.5 Å². The monoisotopic (exact) mass is 272 g/mol. The number of nitro benzene ring substituents is 1. The van der Waals surface area contributed by atoms with E-state index in [9.17, 15) is 20.0 Å². The molecule has 1 unspecified atom stereocenters. The van der Waals surface area contributed by atoms with Crippen LogP contribution in [-0.4, -0.2) is 28.6 Å². The van der Waals surface area contributed by atoms with E-state index in [1.807, 2.05) is 0 Å². The van der Waals surface area contributed by atoms with Gasteiger partial charge in [-0.15, -0.1) is 0 Å². The summed E-state index contributed by atoms with van der Waals surface area (Å²) in [4.78, 5) is 21.6. The van der Waals surface area contributed by atoms with Gasteiger partial charge in [-0.3, -0.25) is 14.9 Å². The van der Waals surface area contributed by atoms with E-state index in [1.165, 1.54) is 12.1 Å². The van der Waals surface area contributed by atoms with Crippen molar-refractivity contribution in [3.05, 3.63) is 38.9 Å². The largest absolute Gasteiger partial charge is 0.391 e. The number of nitrogens with one attached hydrogen (secondary N) is 1. The van der Waals surface area contributed by atoms with Crippen molar-refractivity contribution in [3.63, 3.8) is 0 Å². The van der Waals surface area contributed by atoms with Gasteiger partial charge >= 0.3 is 0 Å². The van der Waals surface area contributed by atoms with Crippen LogP contribution in [0.15, 0.2) is 18.2 Å². The number of hydrogen-bond acceptors (Lipinski definition) is 4. The average molecular weight is 273 g/mol. The number of aliphatic hydroxyl groups is 1. The second-order valence-corrected chi connectivity index (χ2v) is 4.10. The van der Waals surface area contributed by atoms with Gasteiger partial charge in [0.05, 0.1) is 21.6 Å². The number of benzene rings is 1. The van der Waals surface area contributed by atoms with Gasteiger partial charge in [-0.05, 0) is 12.5 Å². The predicted molar refractivity (Wildman–Crippen MR) is 66.7 cm³/mol. The zero-order valence-corrected chi connectivity index (χ0v) is 10.5. The molecule has 0 aliphatic heterocycles. The van der Waals surface area contributed by atoms with E-state index >= 15 is 0 Å². The first-order valence-electron chi connectivity index (χ1n) is 5.36. The highest BCUT2D eigenvalue weighted by Gasteiger charge is 2.15. The quantitative estimate of drug-likeness (QED) is 0.631. The highest BCUT2D eigenvalue weighted by Crippen LogP contribution is 2.22. The molecule has 98 valence electrons. The first-order chi connectivity index (χ1) is 8.45. The molecule has 0 heterocycles. The Balaban J connectivity index is 2.78. The Morgan fingerprint density at radius 3 is 2.78 bits per heavy atom. The van der Waals surface area contributed by atoms with Crippen LogP contribution in [0.2, 0.25) is 5.02 Å². The molecule has 6 nitrogen and oxygen atoms in total. The lowest BCUT2D eigenvalue weighted by Crippen LogP contribution is -2.31. The summed E-state index contributed by atoms with van der Waals surface area (Å²) in [5.74, 6) is -0.470. The number of nitrogens with zero attached hydrogens (tertiary/aromatic N) is 1. The fourth-order valence-corrected chi connectivity index (χ4v) is 1.51. The Labute approximate surface area is 109 Å². The van der Waals surface area contributed by atoms with Gasteiger partial charge in [0.2, 0.25) is 0 Å². The molecule has 0 saturated carbocycles. The fourth-order valence-electron chi connectivity index (χ4n) is 1.25. The van der Waals surface area contributed by atoms with E-state index < -0.39 is 16.9 Å². The molecule has 0 fully saturated rings. The molecule has 0 radical (unpaired) electrons. The van der Waals surface area contributed by atoms with Crippen molar-refractivity contribution in [2.45, 2.75) is 19.4 Å². The summed E-state index contributed by atoms with van der Waals surface area (Å²) < 4.78 is 0. The minimum absolute atomic E-state index is 0.00712. The number of hydrogen-bond donors (Lipinski definition) is 2. The van der Waals surface area contributed by atoms with Crippen LogP contribution >= 0.6 is 11.6 Å². The van der Waals surface area contributed by atoms with E-state index in [-0.39, 0.29) is 22.8 Å². The maximum Gasteiger partial charge on any atom is 0.270 e. The number of carbonyl (C=O) groups excluding carboxylic acids is 1. The standard InChI is InChI=1S/C11H13ClN2O4/c1-2-8(15)6-13-11(16)9-4-3-7(14(17)18)5-10(9)12/h3-5,8,15H,2,6H2,1H3,(H,13,16). The SMILES string of the molecule is CCC(O)CNC(=O)c1ccc([N+](=O)[O-])cc1Cl. The van der Waals surface area contributed by atoms with Crippen LogP contribution in [-0.2, 0) is 0 Å². The molecule has 1 aromatic rings. The van der Waals surface area contributed by atoms with Gasteiger partial charge in [-0.2, -0.15) is 0 Å². The molecule has 0 saturated heterocycles. The van der Waals surface area contributed by atoms with Gasteiger partial charge in [0.1, 0.15) is 0 Å². The molecule has 7 heteroatoms. The zero-order valence-electron chi connectivity index (χ0n) is 9.72. The maximum absolute atomic E-state index is 11.7. The van der Waals surface area contributed by atoms with Gasteiger partial charge in [-0.25, -0.2) is 0 Å². The average Bonchev–Trinajstić information content (AvgIpc) is 2.35. The molecule has 1 aromatic carbocycles. The zero-order chi connectivity index (χ0) is 13.7. The maximum atomic E-state index is 11.7. The Bertz CT molecular complexity index is 464. The summed E-state index contributed by atoms with van der Waals surface area (Å²) in [5, 5.41) is 22.3. The van der Waals surface area contributed by atoms with Crippen LogP contribution in [0.5, 0.6) is 0 Å². The fraction of sp³-hybridized carbons (Fsp3) is 0.364.